The molecule has 0 fully saturated rings. The van der Waals surface area contributed by atoms with Gasteiger partial charge in [0.05, 0.1) is 12.1 Å². The number of carbonyl (C=O) groups excluding carboxylic acids is 1. The van der Waals surface area contributed by atoms with E-state index in [1.165, 1.54) is 16.9 Å². The van der Waals surface area contributed by atoms with E-state index in [0.717, 1.165) is 35.7 Å². The van der Waals surface area contributed by atoms with Crippen molar-refractivity contribution in [2.45, 2.75) is 52.2 Å². The first kappa shape index (κ1) is 25.7. The molecular weight excluding hydrogens is 405 g/mol. The number of hydrogen-bond acceptors (Lipinski definition) is 5. The van der Waals surface area contributed by atoms with Crippen LogP contribution in [0.2, 0.25) is 0 Å². The number of ether oxygens (including phenoxy) is 1. The van der Waals surface area contributed by atoms with Gasteiger partial charge in [0.25, 0.3) is 0 Å². The molecule has 0 aliphatic heterocycles. The van der Waals surface area contributed by atoms with Gasteiger partial charge in [0, 0.05) is 18.0 Å². The van der Waals surface area contributed by atoms with Crippen LogP contribution in [0.25, 0.3) is 0 Å². The van der Waals surface area contributed by atoms with E-state index in [9.17, 15) is 4.79 Å². The molecule has 0 aliphatic carbocycles. The van der Waals surface area contributed by atoms with E-state index < -0.39 is 0 Å². The molecule has 1 heterocycles. The predicted octanol–water partition coefficient (Wildman–Crippen LogP) is 4.05. The van der Waals surface area contributed by atoms with Crippen LogP contribution in [0.1, 0.15) is 42.5 Å². The second kappa shape index (κ2) is 13.8. The van der Waals surface area contributed by atoms with Crippen molar-refractivity contribution in [2.24, 2.45) is 5.73 Å². The molecule has 2 aromatic rings. The molecule has 0 bridgehead atoms. The van der Waals surface area contributed by atoms with Crippen LogP contribution in [0.4, 0.5) is 0 Å². The molecule has 5 nitrogen and oxygen atoms in total. The zero-order valence-electron chi connectivity index (χ0n) is 15.8. The topological polar surface area (TPSA) is 77.2 Å². The molecule has 0 saturated heterocycles. The second-order valence-electron chi connectivity index (χ2n) is 6.15. The van der Waals surface area contributed by atoms with Crippen molar-refractivity contribution in [1.82, 2.24) is 10.3 Å². The molecule has 152 valence electrons. The van der Waals surface area contributed by atoms with Crippen molar-refractivity contribution in [3.63, 3.8) is 0 Å². The number of aryl methyl sites for hydroxylation is 1. The Bertz CT molecular complexity index is 665. The largest absolute Gasteiger partial charge is 0.486 e. The molecule has 3 N–H and O–H groups in total. The average Bonchev–Trinajstić information content (AvgIpc) is 3.05. The summed E-state index contributed by atoms with van der Waals surface area (Å²) in [5.41, 5.74) is 7.69. The number of thiazole rings is 1. The summed E-state index contributed by atoms with van der Waals surface area (Å²) < 4.78 is 5.72. The van der Waals surface area contributed by atoms with Crippen molar-refractivity contribution in [3.05, 3.63) is 45.9 Å². The van der Waals surface area contributed by atoms with E-state index in [1.807, 2.05) is 36.6 Å². The number of carbonyl (C=O) groups is 1. The van der Waals surface area contributed by atoms with Gasteiger partial charge < -0.3 is 15.8 Å². The normalized spacial score (nSPS) is 11.1. The fourth-order valence-corrected chi connectivity index (χ4v) is 3.12. The predicted molar refractivity (Wildman–Crippen MR) is 116 cm³/mol. The van der Waals surface area contributed by atoms with Crippen LogP contribution in [-0.4, -0.2) is 23.5 Å². The van der Waals surface area contributed by atoms with Crippen LogP contribution in [0, 0.1) is 6.92 Å². The van der Waals surface area contributed by atoms with Gasteiger partial charge in [0.15, 0.2) is 0 Å². The highest BCUT2D eigenvalue weighted by Gasteiger charge is 2.12. The monoisotopic (exact) mass is 433 g/mol. The van der Waals surface area contributed by atoms with Gasteiger partial charge in [-0.25, -0.2) is 4.98 Å². The zero-order chi connectivity index (χ0) is 18.1. The highest BCUT2D eigenvalue weighted by atomic mass is 35.5. The molecule has 0 radical (unpaired) electrons. The molecule has 0 saturated carbocycles. The molecule has 8 heteroatoms. The maximum Gasteiger partial charge on any atom is 0.226 e. The number of amides is 1. The van der Waals surface area contributed by atoms with Gasteiger partial charge in [0.1, 0.15) is 17.4 Å². The lowest BCUT2D eigenvalue weighted by molar-refractivity contribution is -0.121. The van der Waals surface area contributed by atoms with Crippen LogP contribution in [0.15, 0.2) is 29.6 Å². The summed E-state index contributed by atoms with van der Waals surface area (Å²) in [6, 6.07) is 7.97. The van der Waals surface area contributed by atoms with Gasteiger partial charge in [-0.3, -0.25) is 4.79 Å². The van der Waals surface area contributed by atoms with Gasteiger partial charge >= 0.3 is 0 Å². The van der Waals surface area contributed by atoms with Crippen molar-refractivity contribution >= 4 is 42.1 Å². The van der Waals surface area contributed by atoms with E-state index in [2.05, 4.69) is 17.2 Å². The maximum atomic E-state index is 12.1. The lowest BCUT2D eigenvalue weighted by Crippen LogP contribution is -2.40. The number of unbranched alkanes of at least 4 members (excludes halogenated alkanes) is 1. The molecule has 2 rings (SSSR count). The van der Waals surface area contributed by atoms with Gasteiger partial charge in [-0.2, -0.15) is 0 Å². The summed E-state index contributed by atoms with van der Waals surface area (Å²) in [6.45, 7) is 5.06. The van der Waals surface area contributed by atoms with Crippen LogP contribution in [0.5, 0.6) is 5.75 Å². The highest BCUT2D eigenvalue weighted by molar-refractivity contribution is 7.09. The fraction of sp³-hybridized carbons (Fsp3) is 0.474. The van der Waals surface area contributed by atoms with E-state index in [0.29, 0.717) is 13.2 Å². The molecular formula is C19H29Cl2N3O2S. The number of hydrogen-bond donors (Lipinski definition) is 2. The number of aromatic nitrogens is 1. The number of nitrogens with one attached hydrogen (secondary N) is 1. The lowest BCUT2D eigenvalue weighted by atomic mass is 10.1. The van der Waals surface area contributed by atoms with Gasteiger partial charge in [-0.05, 0) is 25.5 Å². The quantitative estimate of drug-likeness (QED) is 0.592. The number of rotatable bonds is 10. The third kappa shape index (κ3) is 9.42. The third-order valence-electron chi connectivity index (χ3n) is 3.88. The summed E-state index contributed by atoms with van der Waals surface area (Å²) in [7, 11) is 0. The molecule has 0 aliphatic rings. The molecule has 1 unspecified atom stereocenters. The first-order valence-electron chi connectivity index (χ1n) is 8.73. The first-order valence-corrected chi connectivity index (χ1v) is 9.60. The third-order valence-corrected chi connectivity index (χ3v) is 4.75. The van der Waals surface area contributed by atoms with Gasteiger partial charge in [-0.15, -0.1) is 36.2 Å². The Morgan fingerprint density at radius 3 is 2.63 bits per heavy atom. The maximum absolute atomic E-state index is 12.1. The van der Waals surface area contributed by atoms with Crippen molar-refractivity contribution in [1.29, 1.82) is 0 Å². The van der Waals surface area contributed by atoms with Gasteiger partial charge in [-0.1, -0.05) is 37.5 Å². The fourth-order valence-electron chi connectivity index (χ4n) is 2.42. The molecule has 1 atom stereocenters. The van der Waals surface area contributed by atoms with Crippen molar-refractivity contribution < 1.29 is 9.53 Å². The minimum absolute atomic E-state index is 0. The molecule has 1 aromatic carbocycles. The SMILES string of the molecule is CCCCC(CN)NC(=O)Cc1csc(COc2ccc(C)cc2)n1.Cl.Cl. The van der Waals surface area contributed by atoms with Crippen molar-refractivity contribution in [3.8, 4) is 5.75 Å². The van der Waals surface area contributed by atoms with E-state index in [-0.39, 0.29) is 43.2 Å². The number of benzene rings is 1. The summed E-state index contributed by atoms with van der Waals surface area (Å²) in [4.78, 5) is 16.6. The minimum atomic E-state index is -0.0251. The Balaban J connectivity index is 0.00000338. The molecule has 1 amide bonds. The summed E-state index contributed by atoms with van der Waals surface area (Å²) >= 11 is 1.51. The smallest absolute Gasteiger partial charge is 0.226 e. The summed E-state index contributed by atoms with van der Waals surface area (Å²) in [5, 5.41) is 5.77. The summed E-state index contributed by atoms with van der Waals surface area (Å²) in [5.74, 6) is 0.796. The Hall–Kier alpha value is -1.34. The van der Waals surface area contributed by atoms with Crippen LogP contribution in [-0.2, 0) is 17.8 Å². The minimum Gasteiger partial charge on any atom is -0.486 e. The van der Waals surface area contributed by atoms with E-state index in [1.54, 1.807) is 0 Å². The number of nitrogens with two attached hydrogens (primary N) is 1. The number of nitrogens with zero attached hydrogens (tertiary/aromatic N) is 1. The highest BCUT2D eigenvalue weighted by Crippen LogP contribution is 2.16. The Labute approximate surface area is 177 Å². The molecule has 1 aromatic heterocycles. The van der Waals surface area contributed by atoms with Gasteiger partial charge in [0.2, 0.25) is 5.91 Å². The van der Waals surface area contributed by atoms with Crippen LogP contribution >= 0.6 is 36.2 Å². The van der Waals surface area contributed by atoms with Crippen LogP contribution < -0.4 is 15.8 Å². The van der Waals surface area contributed by atoms with E-state index in [4.69, 9.17) is 10.5 Å². The standard InChI is InChI=1S/C19H27N3O2S.2ClH/c1-3-4-5-15(11-20)21-18(23)10-16-13-25-19(22-16)12-24-17-8-6-14(2)7-9-17;;/h6-9,13,15H,3-5,10-12,20H2,1-2H3,(H,21,23);2*1H. The lowest BCUT2D eigenvalue weighted by Gasteiger charge is -2.15. The first-order chi connectivity index (χ1) is 12.1. The Morgan fingerprint density at radius 2 is 2.00 bits per heavy atom. The summed E-state index contributed by atoms with van der Waals surface area (Å²) in [6.07, 6.45) is 3.37. The average molecular weight is 434 g/mol. The number of halogens is 2. The van der Waals surface area contributed by atoms with E-state index >= 15 is 0 Å². The van der Waals surface area contributed by atoms with Crippen LogP contribution in [0.3, 0.4) is 0 Å². The Kier molecular flexibility index (Phi) is 13.1. The second-order valence-corrected chi connectivity index (χ2v) is 7.10. The van der Waals surface area contributed by atoms with Crippen molar-refractivity contribution in [2.75, 3.05) is 6.54 Å². The molecule has 0 spiro atoms. The Morgan fingerprint density at radius 1 is 1.30 bits per heavy atom. The molecule has 27 heavy (non-hydrogen) atoms. The zero-order valence-corrected chi connectivity index (χ0v) is 18.2.